The van der Waals surface area contributed by atoms with Gasteiger partial charge in [-0.05, 0) is 18.2 Å². The highest BCUT2D eigenvalue weighted by atomic mass is 35.5. The van der Waals surface area contributed by atoms with Gasteiger partial charge in [0.05, 0.1) is 15.9 Å². The molecule has 0 amide bonds. The van der Waals surface area contributed by atoms with Crippen molar-refractivity contribution in [2.24, 2.45) is 0 Å². The molecular weight excluding hydrogens is 410 g/mol. The van der Waals surface area contributed by atoms with Crippen LogP contribution in [0.15, 0.2) is 49.1 Å². The standard InChI is InChI=1S/C20H18ClN5O4/c21-12-6-10-2-1-4-23-13(10)7-14(12)29-8-15-16(27)17(28)20(30-15)26-5-3-11-18(22)24-9-25-19(11)26/h1-7,9,15-17,20,27-28H,8H2,(H2,22,24,25)/t15-,16-,17-,20-/m1/s1. The topological polar surface area (TPSA) is 129 Å². The van der Waals surface area contributed by atoms with Gasteiger partial charge in [-0.3, -0.25) is 4.98 Å². The molecule has 154 valence electrons. The van der Waals surface area contributed by atoms with E-state index < -0.39 is 24.5 Å². The summed E-state index contributed by atoms with van der Waals surface area (Å²) in [5.74, 6) is 0.745. The summed E-state index contributed by atoms with van der Waals surface area (Å²) in [4.78, 5) is 12.4. The van der Waals surface area contributed by atoms with Crippen molar-refractivity contribution in [3.63, 3.8) is 0 Å². The van der Waals surface area contributed by atoms with Gasteiger partial charge in [0, 0.05) is 23.8 Å². The Morgan fingerprint density at radius 1 is 1.17 bits per heavy atom. The van der Waals surface area contributed by atoms with Crippen molar-refractivity contribution in [3.8, 4) is 5.75 Å². The number of benzene rings is 1. The summed E-state index contributed by atoms with van der Waals surface area (Å²) in [5, 5.41) is 23.0. The fraction of sp³-hybridized carbons (Fsp3) is 0.250. The smallest absolute Gasteiger partial charge is 0.164 e. The molecule has 4 heterocycles. The first-order valence-corrected chi connectivity index (χ1v) is 9.66. The van der Waals surface area contributed by atoms with Crippen molar-refractivity contribution in [2.45, 2.75) is 24.5 Å². The normalized spacial score (nSPS) is 24.0. The van der Waals surface area contributed by atoms with E-state index in [4.69, 9.17) is 26.8 Å². The van der Waals surface area contributed by atoms with Crippen molar-refractivity contribution in [1.82, 2.24) is 19.5 Å². The van der Waals surface area contributed by atoms with Gasteiger partial charge >= 0.3 is 0 Å². The van der Waals surface area contributed by atoms with Gasteiger partial charge in [0.2, 0.25) is 0 Å². The first kappa shape index (κ1) is 19.0. The third kappa shape index (κ3) is 3.12. The van der Waals surface area contributed by atoms with Crippen LogP contribution < -0.4 is 10.5 Å². The number of rotatable bonds is 4. The Labute approximate surface area is 175 Å². The summed E-state index contributed by atoms with van der Waals surface area (Å²) in [6.45, 7) is -0.0108. The van der Waals surface area contributed by atoms with Crippen molar-refractivity contribution < 1.29 is 19.7 Å². The Kier molecular flexibility index (Phi) is 4.67. The number of hydrogen-bond donors (Lipinski definition) is 3. The highest BCUT2D eigenvalue weighted by Gasteiger charge is 2.44. The molecule has 0 unspecified atom stereocenters. The number of ether oxygens (including phenoxy) is 2. The maximum absolute atomic E-state index is 10.6. The second kappa shape index (κ2) is 7.37. The van der Waals surface area contributed by atoms with Crippen LogP contribution in [0.3, 0.4) is 0 Å². The lowest BCUT2D eigenvalue weighted by atomic mass is 10.1. The molecule has 0 aliphatic carbocycles. The van der Waals surface area contributed by atoms with E-state index in [0.717, 1.165) is 10.9 Å². The van der Waals surface area contributed by atoms with Gasteiger partial charge in [-0.2, -0.15) is 0 Å². The molecule has 9 nitrogen and oxygen atoms in total. The van der Waals surface area contributed by atoms with E-state index in [2.05, 4.69) is 15.0 Å². The number of aliphatic hydroxyl groups is 2. The molecule has 0 saturated carbocycles. The Balaban J connectivity index is 1.36. The van der Waals surface area contributed by atoms with Crippen LogP contribution in [0, 0.1) is 0 Å². The minimum Gasteiger partial charge on any atom is -0.489 e. The Morgan fingerprint density at radius 3 is 2.90 bits per heavy atom. The summed E-state index contributed by atoms with van der Waals surface area (Å²) in [5.41, 5.74) is 7.11. The number of pyridine rings is 1. The van der Waals surface area contributed by atoms with E-state index >= 15 is 0 Å². The van der Waals surface area contributed by atoms with Crippen molar-refractivity contribution in [3.05, 3.63) is 54.1 Å². The molecule has 1 aliphatic heterocycles. The summed E-state index contributed by atoms with van der Waals surface area (Å²) < 4.78 is 13.3. The van der Waals surface area contributed by atoms with E-state index in [0.29, 0.717) is 27.6 Å². The van der Waals surface area contributed by atoms with Gasteiger partial charge in [-0.1, -0.05) is 17.7 Å². The molecule has 10 heteroatoms. The number of hydrogen-bond acceptors (Lipinski definition) is 8. The van der Waals surface area contributed by atoms with Crippen LogP contribution >= 0.6 is 11.6 Å². The molecule has 4 N–H and O–H groups in total. The van der Waals surface area contributed by atoms with E-state index in [-0.39, 0.29) is 6.61 Å². The maximum atomic E-state index is 10.6. The number of aliphatic hydroxyl groups excluding tert-OH is 2. The molecule has 0 radical (unpaired) electrons. The van der Waals surface area contributed by atoms with Gasteiger partial charge in [0.15, 0.2) is 6.23 Å². The van der Waals surface area contributed by atoms with E-state index in [1.807, 2.05) is 12.1 Å². The number of anilines is 1. The number of nitrogens with two attached hydrogens (primary N) is 1. The highest BCUT2D eigenvalue weighted by Crippen LogP contribution is 2.34. The zero-order valence-electron chi connectivity index (χ0n) is 15.6. The monoisotopic (exact) mass is 427 g/mol. The highest BCUT2D eigenvalue weighted by molar-refractivity contribution is 6.32. The number of nitrogen functional groups attached to an aromatic ring is 1. The van der Waals surface area contributed by atoms with E-state index in [9.17, 15) is 10.2 Å². The third-order valence-electron chi connectivity index (χ3n) is 5.21. The molecule has 1 aliphatic rings. The lowest BCUT2D eigenvalue weighted by molar-refractivity contribution is -0.0471. The fourth-order valence-electron chi connectivity index (χ4n) is 3.65. The van der Waals surface area contributed by atoms with Gasteiger partial charge in [-0.25, -0.2) is 9.97 Å². The van der Waals surface area contributed by atoms with Crippen LogP contribution in [-0.2, 0) is 4.74 Å². The third-order valence-corrected chi connectivity index (χ3v) is 5.51. The summed E-state index contributed by atoms with van der Waals surface area (Å²) in [6, 6.07) is 8.96. The quantitative estimate of drug-likeness (QED) is 0.450. The van der Waals surface area contributed by atoms with Crippen molar-refractivity contribution in [2.75, 3.05) is 12.3 Å². The number of fused-ring (bicyclic) bond motifs is 2. The lowest BCUT2D eigenvalue weighted by Gasteiger charge is -2.17. The molecule has 3 aromatic heterocycles. The van der Waals surface area contributed by atoms with E-state index in [1.165, 1.54) is 6.33 Å². The average molecular weight is 428 g/mol. The van der Waals surface area contributed by atoms with Crippen LogP contribution in [0.4, 0.5) is 5.82 Å². The Bertz CT molecular complexity index is 1230. The summed E-state index contributed by atoms with van der Waals surface area (Å²) in [6.07, 6.45) is 0.727. The Morgan fingerprint density at radius 2 is 2.03 bits per heavy atom. The molecule has 30 heavy (non-hydrogen) atoms. The number of nitrogens with zero attached hydrogens (tertiary/aromatic N) is 4. The van der Waals surface area contributed by atoms with Crippen LogP contribution in [0.1, 0.15) is 6.23 Å². The number of halogens is 1. The largest absolute Gasteiger partial charge is 0.489 e. The second-order valence-corrected chi connectivity index (χ2v) is 7.46. The van der Waals surface area contributed by atoms with Gasteiger partial charge < -0.3 is 30.0 Å². The SMILES string of the molecule is Nc1ncnc2c1ccn2[C@@H]1O[C@H](COc2cc3ncccc3cc2Cl)[C@@H](O)[C@H]1O. The molecule has 0 bridgehead atoms. The first-order valence-electron chi connectivity index (χ1n) is 9.28. The van der Waals surface area contributed by atoms with Crippen molar-refractivity contribution in [1.29, 1.82) is 0 Å². The van der Waals surface area contributed by atoms with Crippen LogP contribution in [-0.4, -0.2) is 54.7 Å². The molecule has 4 atom stereocenters. The zero-order chi connectivity index (χ0) is 20.8. The first-order chi connectivity index (χ1) is 14.5. The van der Waals surface area contributed by atoms with Crippen LogP contribution in [0.5, 0.6) is 5.75 Å². The molecule has 5 rings (SSSR count). The van der Waals surface area contributed by atoms with Crippen molar-refractivity contribution >= 4 is 39.4 Å². The summed E-state index contributed by atoms with van der Waals surface area (Å²) in [7, 11) is 0. The molecule has 1 aromatic carbocycles. The predicted molar refractivity (Wildman–Crippen MR) is 110 cm³/mol. The average Bonchev–Trinajstić information content (AvgIpc) is 3.29. The second-order valence-electron chi connectivity index (χ2n) is 7.06. The minimum atomic E-state index is -1.18. The lowest BCUT2D eigenvalue weighted by Crippen LogP contribution is -2.34. The van der Waals surface area contributed by atoms with Crippen LogP contribution in [0.25, 0.3) is 21.9 Å². The molecule has 1 fully saturated rings. The molecule has 4 aromatic rings. The van der Waals surface area contributed by atoms with Gasteiger partial charge in [-0.15, -0.1) is 0 Å². The molecule has 1 saturated heterocycles. The van der Waals surface area contributed by atoms with Crippen LogP contribution in [0.2, 0.25) is 5.02 Å². The summed E-state index contributed by atoms with van der Waals surface area (Å²) >= 11 is 6.31. The fourth-order valence-corrected chi connectivity index (χ4v) is 3.88. The maximum Gasteiger partial charge on any atom is 0.164 e. The molecular formula is C20H18ClN5O4. The number of aromatic nitrogens is 4. The minimum absolute atomic E-state index is 0.0108. The van der Waals surface area contributed by atoms with E-state index in [1.54, 1.807) is 35.2 Å². The van der Waals surface area contributed by atoms with Gasteiger partial charge in [0.1, 0.15) is 48.5 Å². The Hall–Kier alpha value is -2.98. The van der Waals surface area contributed by atoms with Gasteiger partial charge in [0.25, 0.3) is 0 Å². The zero-order valence-corrected chi connectivity index (χ0v) is 16.3. The molecule has 0 spiro atoms. The predicted octanol–water partition coefficient (Wildman–Crippen LogP) is 1.91.